The topological polar surface area (TPSA) is 80.5 Å². The molecule has 3 aliphatic rings. The summed E-state index contributed by atoms with van der Waals surface area (Å²) in [5.74, 6) is -5.66. The van der Waals surface area contributed by atoms with Crippen LogP contribution in [-0.4, -0.2) is 57.3 Å². The minimum Gasteiger partial charge on any atom is -0.484 e. The lowest BCUT2D eigenvalue weighted by Gasteiger charge is -2.74. The van der Waals surface area contributed by atoms with Crippen LogP contribution in [0.15, 0.2) is 55.1 Å². The fourth-order valence-electron chi connectivity index (χ4n) is 5.77. The first kappa shape index (κ1) is 25.2. The fourth-order valence-corrected chi connectivity index (χ4v) is 5.77. The molecule has 1 atom stereocenters. The molecule has 2 bridgehead atoms. The molecule has 6 rings (SSSR count). The van der Waals surface area contributed by atoms with Crippen molar-refractivity contribution in [3.05, 3.63) is 77.9 Å². The van der Waals surface area contributed by atoms with E-state index in [1.165, 1.54) is 4.90 Å². The monoisotopic (exact) mass is 518 g/mol. The molecule has 37 heavy (non-hydrogen) atoms. The van der Waals surface area contributed by atoms with Crippen LogP contribution in [0, 0.1) is 17.0 Å². The molecule has 3 fully saturated rings. The van der Waals surface area contributed by atoms with Gasteiger partial charge in [-0.15, -0.1) is 0 Å². The Morgan fingerprint density at radius 3 is 2.38 bits per heavy atom. The molecule has 0 saturated heterocycles. The van der Waals surface area contributed by atoms with E-state index in [1.54, 1.807) is 38.4 Å². The van der Waals surface area contributed by atoms with Crippen LogP contribution >= 0.6 is 0 Å². The van der Waals surface area contributed by atoms with Crippen molar-refractivity contribution in [3.63, 3.8) is 0 Å². The summed E-state index contributed by atoms with van der Waals surface area (Å²) in [5.41, 5.74) is -4.87. The lowest BCUT2D eigenvalue weighted by Crippen LogP contribution is -2.76. The van der Waals surface area contributed by atoms with Gasteiger partial charge in [0.2, 0.25) is 0 Å². The number of carbonyl (C=O) groups excluding carboxylic acids is 1. The van der Waals surface area contributed by atoms with Crippen LogP contribution in [0.2, 0.25) is 0 Å². The zero-order valence-electron chi connectivity index (χ0n) is 20.3. The molecule has 0 radical (unpaired) electrons. The van der Waals surface area contributed by atoms with Crippen molar-refractivity contribution in [1.82, 2.24) is 19.7 Å². The Bertz CT molecular complexity index is 1290. The zero-order chi connectivity index (χ0) is 26.6. The Morgan fingerprint density at radius 2 is 1.81 bits per heavy atom. The number of hydrogen-bond acceptors (Lipinski definition) is 5. The number of halogens is 4. The van der Waals surface area contributed by atoms with Crippen molar-refractivity contribution in [2.45, 2.75) is 42.7 Å². The molecular formula is C26H26F4N4O3. The van der Waals surface area contributed by atoms with Gasteiger partial charge in [-0.25, -0.2) is 27.2 Å². The number of ether oxygens (including phenoxy) is 1. The van der Waals surface area contributed by atoms with Crippen molar-refractivity contribution in [2.24, 2.45) is 5.41 Å². The zero-order valence-corrected chi connectivity index (χ0v) is 20.3. The highest BCUT2D eigenvalue weighted by Crippen LogP contribution is 2.80. The third kappa shape index (κ3) is 3.87. The third-order valence-corrected chi connectivity index (χ3v) is 7.78. The molecule has 1 aromatic heterocycles. The second-order valence-electron chi connectivity index (χ2n) is 10.3. The molecule has 196 valence electrons. The van der Waals surface area contributed by atoms with E-state index < -0.39 is 46.1 Å². The molecular weight excluding hydrogens is 492 g/mol. The van der Waals surface area contributed by atoms with Gasteiger partial charge >= 0.3 is 0 Å². The highest BCUT2D eigenvalue weighted by Gasteiger charge is 2.82. The number of alkyl halides is 2. The van der Waals surface area contributed by atoms with Gasteiger partial charge in [-0.2, -0.15) is 5.10 Å². The Kier molecular flexibility index (Phi) is 5.82. The largest absolute Gasteiger partial charge is 0.484 e. The second-order valence-corrected chi connectivity index (χ2v) is 10.3. The number of aliphatic hydroxyl groups is 1. The first-order chi connectivity index (χ1) is 17.4. The van der Waals surface area contributed by atoms with E-state index in [0.717, 1.165) is 35.0 Å². The standard InChI is InChI=1S/C26H26F4N4O3/c1-33(2)22(35)10-37-19-6-3-17(4-7-19)23-11-24(12-23,13-23)26(29,30)25(36,14-34-16-31-15-32-34)20-8-5-18(27)9-21(20)28/h3-9,15-16,36H,10-14H2,1-2H3. The molecule has 11 heteroatoms. The minimum absolute atomic E-state index is 0.0921. The number of amides is 1. The van der Waals surface area contributed by atoms with Gasteiger partial charge in [0.1, 0.15) is 30.0 Å². The number of aromatic nitrogens is 3. The average molecular weight is 519 g/mol. The lowest BCUT2D eigenvalue weighted by atomic mass is 9.30. The predicted octanol–water partition coefficient (Wildman–Crippen LogP) is 3.67. The second kappa shape index (κ2) is 8.54. The first-order valence-electron chi connectivity index (χ1n) is 11.7. The van der Waals surface area contributed by atoms with Crippen molar-refractivity contribution < 1.29 is 32.2 Å². The quantitative estimate of drug-likeness (QED) is 0.438. The van der Waals surface area contributed by atoms with Gasteiger partial charge in [-0.3, -0.25) is 4.79 Å². The maximum Gasteiger partial charge on any atom is 0.287 e. The first-order valence-corrected chi connectivity index (χ1v) is 11.7. The molecule has 1 amide bonds. The normalized spacial score (nSPS) is 24.0. The van der Waals surface area contributed by atoms with Gasteiger partial charge in [-0.1, -0.05) is 12.1 Å². The number of likely N-dealkylation sites (N-methyl/N-ethyl adjacent to an activating group) is 1. The molecule has 1 N–H and O–H groups in total. The summed E-state index contributed by atoms with van der Waals surface area (Å²) in [6.07, 6.45) is 2.56. The maximum atomic E-state index is 16.3. The smallest absolute Gasteiger partial charge is 0.287 e. The summed E-state index contributed by atoms with van der Waals surface area (Å²) < 4.78 is 67.3. The molecule has 7 nitrogen and oxygen atoms in total. The number of carbonyl (C=O) groups is 1. The Hall–Kier alpha value is -3.47. The summed E-state index contributed by atoms with van der Waals surface area (Å²) in [7, 11) is 3.25. The molecule has 0 aliphatic heterocycles. The fraction of sp³-hybridized carbons (Fsp3) is 0.423. The number of benzene rings is 2. The minimum atomic E-state index is -3.76. The molecule has 0 spiro atoms. The van der Waals surface area contributed by atoms with Crippen molar-refractivity contribution >= 4 is 5.91 Å². The number of nitrogens with zero attached hydrogens (tertiary/aromatic N) is 4. The summed E-state index contributed by atoms with van der Waals surface area (Å²) in [4.78, 5) is 16.9. The summed E-state index contributed by atoms with van der Waals surface area (Å²) >= 11 is 0. The van der Waals surface area contributed by atoms with Crippen LogP contribution in [0.4, 0.5) is 17.6 Å². The van der Waals surface area contributed by atoms with Crippen LogP contribution in [0.5, 0.6) is 5.75 Å². The molecule has 1 unspecified atom stereocenters. The van der Waals surface area contributed by atoms with E-state index in [2.05, 4.69) is 10.1 Å². The highest BCUT2D eigenvalue weighted by molar-refractivity contribution is 5.77. The Labute approximate surface area is 210 Å². The number of rotatable bonds is 9. The Morgan fingerprint density at radius 1 is 1.14 bits per heavy atom. The average Bonchev–Trinajstić information content (AvgIpc) is 3.28. The van der Waals surface area contributed by atoms with Crippen LogP contribution in [0.1, 0.15) is 30.4 Å². The molecule has 1 heterocycles. The van der Waals surface area contributed by atoms with Crippen molar-refractivity contribution in [2.75, 3.05) is 20.7 Å². The lowest BCUT2D eigenvalue weighted by molar-refractivity contribution is -0.347. The number of hydrogen-bond donors (Lipinski definition) is 1. The van der Waals surface area contributed by atoms with E-state index >= 15 is 8.78 Å². The van der Waals surface area contributed by atoms with Gasteiger partial charge in [0.25, 0.3) is 11.8 Å². The van der Waals surface area contributed by atoms with E-state index in [-0.39, 0.29) is 31.8 Å². The van der Waals surface area contributed by atoms with Crippen LogP contribution in [0.25, 0.3) is 0 Å². The molecule has 3 aliphatic carbocycles. The highest BCUT2D eigenvalue weighted by atomic mass is 19.3. The Balaban J connectivity index is 1.37. The molecule has 2 aromatic carbocycles. The van der Waals surface area contributed by atoms with Gasteiger partial charge in [0, 0.05) is 31.1 Å². The summed E-state index contributed by atoms with van der Waals surface area (Å²) in [6, 6.07) is 9.15. The van der Waals surface area contributed by atoms with E-state index in [4.69, 9.17) is 4.74 Å². The van der Waals surface area contributed by atoms with Gasteiger partial charge < -0.3 is 14.7 Å². The van der Waals surface area contributed by atoms with Crippen molar-refractivity contribution in [3.8, 4) is 5.75 Å². The van der Waals surface area contributed by atoms with Crippen LogP contribution in [-0.2, 0) is 22.4 Å². The third-order valence-electron chi connectivity index (χ3n) is 7.78. The van der Waals surface area contributed by atoms with E-state index in [1.807, 2.05) is 0 Å². The van der Waals surface area contributed by atoms with Gasteiger partial charge in [0.05, 0.1) is 6.54 Å². The predicted molar refractivity (Wildman–Crippen MR) is 124 cm³/mol. The van der Waals surface area contributed by atoms with Crippen molar-refractivity contribution in [1.29, 1.82) is 0 Å². The van der Waals surface area contributed by atoms with Gasteiger partial charge in [-0.05, 0) is 54.5 Å². The van der Waals surface area contributed by atoms with Crippen LogP contribution in [0.3, 0.4) is 0 Å². The van der Waals surface area contributed by atoms with Crippen LogP contribution < -0.4 is 4.74 Å². The molecule has 3 saturated carbocycles. The molecule has 3 aromatic rings. The summed E-state index contributed by atoms with van der Waals surface area (Å²) in [6.45, 7) is -0.869. The SMILES string of the molecule is CN(C)C(=O)COc1ccc(C23CC(C(F)(F)C(O)(Cn4cncn4)c4ccc(F)cc4F)(C2)C3)cc1. The van der Waals surface area contributed by atoms with E-state index in [0.29, 0.717) is 11.8 Å². The maximum absolute atomic E-state index is 16.3. The summed E-state index contributed by atoms with van der Waals surface area (Å²) in [5, 5.41) is 15.3. The van der Waals surface area contributed by atoms with E-state index in [9.17, 15) is 18.7 Å². The van der Waals surface area contributed by atoms with Gasteiger partial charge in [0.15, 0.2) is 12.2 Å².